The van der Waals surface area contributed by atoms with Gasteiger partial charge < -0.3 is 10.1 Å². The Bertz CT molecular complexity index is 431. The molecule has 1 aromatic rings. The van der Waals surface area contributed by atoms with Gasteiger partial charge in [0.25, 0.3) is 0 Å². The summed E-state index contributed by atoms with van der Waals surface area (Å²) in [6, 6.07) is 6.74. The first-order valence-corrected chi connectivity index (χ1v) is 7.92. The lowest BCUT2D eigenvalue weighted by atomic mass is 10.2. The fourth-order valence-electron chi connectivity index (χ4n) is 1.57. The second-order valence-corrected chi connectivity index (χ2v) is 5.20. The minimum atomic E-state index is -0.331. The van der Waals surface area contributed by atoms with Gasteiger partial charge in [0.1, 0.15) is 0 Å². The lowest BCUT2D eigenvalue weighted by Gasteiger charge is -2.06. The first kappa shape index (κ1) is 16.7. The number of hydrogen-bond acceptors (Lipinski definition) is 3. The molecule has 0 fully saturated rings. The Hall–Kier alpha value is -1.36. The van der Waals surface area contributed by atoms with Crippen molar-refractivity contribution in [3.8, 4) is 0 Å². The molecule has 0 unspecified atom stereocenters. The number of amides is 1. The van der Waals surface area contributed by atoms with E-state index in [4.69, 9.17) is 4.74 Å². The van der Waals surface area contributed by atoms with Gasteiger partial charge in [0.15, 0.2) is 0 Å². The topological polar surface area (TPSA) is 55.4 Å². The summed E-state index contributed by atoms with van der Waals surface area (Å²) in [7, 11) is 0. The summed E-state index contributed by atoms with van der Waals surface area (Å²) >= 11 is 3.33. The van der Waals surface area contributed by atoms with Crippen LogP contribution in [-0.2, 0) is 9.53 Å². The molecule has 0 aliphatic rings. The van der Waals surface area contributed by atoms with Crippen molar-refractivity contribution in [1.82, 2.24) is 0 Å². The predicted molar refractivity (Wildman–Crippen MR) is 83.3 cm³/mol. The third-order valence-electron chi connectivity index (χ3n) is 2.63. The highest BCUT2D eigenvalue weighted by Crippen LogP contribution is 2.11. The Morgan fingerprint density at radius 2 is 1.90 bits per heavy atom. The molecule has 0 aliphatic carbocycles. The maximum absolute atomic E-state index is 11.6. The highest BCUT2D eigenvalue weighted by atomic mass is 79.9. The van der Waals surface area contributed by atoms with Crippen molar-refractivity contribution in [2.24, 2.45) is 0 Å². The zero-order valence-corrected chi connectivity index (χ0v) is 13.2. The minimum Gasteiger partial charge on any atom is -0.462 e. The number of esters is 1. The van der Waals surface area contributed by atoms with Gasteiger partial charge in [-0.25, -0.2) is 4.79 Å². The van der Waals surface area contributed by atoms with E-state index in [2.05, 4.69) is 21.2 Å². The second-order valence-electron chi connectivity index (χ2n) is 4.41. The molecular formula is C15H20BrNO3. The number of alkyl halides is 1. The van der Waals surface area contributed by atoms with Crippen molar-refractivity contribution in [3.05, 3.63) is 29.8 Å². The first-order chi connectivity index (χ1) is 9.67. The van der Waals surface area contributed by atoms with Gasteiger partial charge in [-0.3, -0.25) is 4.79 Å². The standard InChI is InChI=1S/C15H20BrNO3/c1-2-11-20-15(19)12-6-8-13(9-7-12)17-14(18)5-3-4-10-16/h6-9H,2-5,10-11H2,1H3,(H,17,18). The van der Waals surface area contributed by atoms with Crippen LogP contribution in [0.25, 0.3) is 0 Å². The van der Waals surface area contributed by atoms with Crippen LogP contribution in [0.4, 0.5) is 5.69 Å². The van der Waals surface area contributed by atoms with E-state index in [1.54, 1.807) is 24.3 Å². The average Bonchev–Trinajstić information content (AvgIpc) is 2.46. The SMILES string of the molecule is CCCOC(=O)c1ccc(NC(=O)CCCCBr)cc1. The number of rotatable bonds is 8. The molecule has 0 bridgehead atoms. The highest BCUT2D eigenvalue weighted by Gasteiger charge is 2.07. The van der Waals surface area contributed by atoms with Crippen molar-refractivity contribution in [2.45, 2.75) is 32.6 Å². The van der Waals surface area contributed by atoms with Crippen LogP contribution in [0.2, 0.25) is 0 Å². The summed E-state index contributed by atoms with van der Waals surface area (Å²) in [6.07, 6.45) is 3.15. The molecule has 0 atom stereocenters. The fourth-order valence-corrected chi connectivity index (χ4v) is 1.97. The average molecular weight is 342 g/mol. The molecular weight excluding hydrogens is 322 g/mol. The molecule has 5 heteroatoms. The lowest BCUT2D eigenvalue weighted by Crippen LogP contribution is -2.11. The number of nitrogens with one attached hydrogen (secondary N) is 1. The van der Waals surface area contributed by atoms with Crippen LogP contribution in [0.5, 0.6) is 0 Å². The van der Waals surface area contributed by atoms with Crippen molar-refractivity contribution >= 4 is 33.5 Å². The van der Waals surface area contributed by atoms with Crippen LogP contribution in [0, 0.1) is 0 Å². The summed E-state index contributed by atoms with van der Waals surface area (Å²) in [5, 5.41) is 3.72. The van der Waals surface area contributed by atoms with Crippen LogP contribution in [0.3, 0.4) is 0 Å². The molecule has 0 saturated heterocycles. The summed E-state index contributed by atoms with van der Waals surface area (Å²) in [5.41, 5.74) is 1.19. The number of carbonyl (C=O) groups excluding carboxylic acids is 2. The Labute approximate surface area is 128 Å². The molecule has 110 valence electrons. The normalized spacial score (nSPS) is 10.1. The zero-order chi connectivity index (χ0) is 14.8. The van der Waals surface area contributed by atoms with Crippen LogP contribution < -0.4 is 5.32 Å². The number of halogens is 1. The van der Waals surface area contributed by atoms with E-state index in [0.717, 1.165) is 24.6 Å². The van der Waals surface area contributed by atoms with E-state index in [1.807, 2.05) is 6.92 Å². The minimum absolute atomic E-state index is 0.00717. The van der Waals surface area contributed by atoms with E-state index in [0.29, 0.717) is 24.3 Å². The highest BCUT2D eigenvalue weighted by molar-refractivity contribution is 9.09. The predicted octanol–water partition coefficient (Wildman–Crippen LogP) is 3.76. The lowest BCUT2D eigenvalue weighted by molar-refractivity contribution is -0.116. The van der Waals surface area contributed by atoms with Crippen LogP contribution in [-0.4, -0.2) is 23.8 Å². The third kappa shape index (κ3) is 6.19. The van der Waals surface area contributed by atoms with Crippen LogP contribution in [0.15, 0.2) is 24.3 Å². The third-order valence-corrected chi connectivity index (χ3v) is 3.19. The quantitative estimate of drug-likeness (QED) is 0.445. The van der Waals surface area contributed by atoms with E-state index in [9.17, 15) is 9.59 Å². The van der Waals surface area contributed by atoms with Gasteiger partial charge >= 0.3 is 5.97 Å². The number of carbonyl (C=O) groups is 2. The summed E-state index contributed by atoms with van der Waals surface area (Å²) in [6.45, 7) is 2.37. The Kier molecular flexibility index (Phi) is 7.95. The van der Waals surface area contributed by atoms with Crippen LogP contribution >= 0.6 is 15.9 Å². The molecule has 0 heterocycles. The monoisotopic (exact) mass is 341 g/mol. The molecule has 0 radical (unpaired) electrons. The molecule has 1 rings (SSSR count). The van der Waals surface area contributed by atoms with E-state index in [1.165, 1.54) is 0 Å². The Morgan fingerprint density at radius 3 is 2.50 bits per heavy atom. The van der Waals surface area contributed by atoms with Crippen molar-refractivity contribution in [1.29, 1.82) is 0 Å². The number of unbranched alkanes of at least 4 members (excludes halogenated alkanes) is 1. The van der Waals surface area contributed by atoms with Gasteiger partial charge in [0.05, 0.1) is 12.2 Å². The summed E-state index contributed by atoms with van der Waals surface area (Å²) < 4.78 is 5.03. The molecule has 1 aromatic carbocycles. The Morgan fingerprint density at radius 1 is 1.20 bits per heavy atom. The summed E-state index contributed by atoms with van der Waals surface area (Å²) in [4.78, 5) is 23.2. The van der Waals surface area contributed by atoms with E-state index in [-0.39, 0.29) is 11.9 Å². The van der Waals surface area contributed by atoms with Gasteiger partial charge in [-0.2, -0.15) is 0 Å². The van der Waals surface area contributed by atoms with Crippen molar-refractivity contribution in [3.63, 3.8) is 0 Å². The first-order valence-electron chi connectivity index (χ1n) is 6.80. The number of hydrogen-bond donors (Lipinski definition) is 1. The second kappa shape index (κ2) is 9.53. The zero-order valence-electron chi connectivity index (χ0n) is 11.7. The van der Waals surface area contributed by atoms with E-state index < -0.39 is 0 Å². The largest absolute Gasteiger partial charge is 0.462 e. The van der Waals surface area contributed by atoms with Gasteiger partial charge in [0.2, 0.25) is 5.91 Å². The molecule has 0 spiro atoms. The smallest absolute Gasteiger partial charge is 0.338 e. The van der Waals surface area contributed by atoms with E-state index >= 15 is 0 Å². The van der Waals surface area contributed by atoms with Gasteiger partial charge in [0, 0.05) is 17.4 Å². The fraction of sp³-hybridized carbons (Fsp3) is 0.467. The maximum atomic E-state index is 11.6. The molecule has 1 N–H and O–H groups in total. The Balaban J connectivity index is 2.45. The van der Waals surface area contributed by atoms with Crippen molar-refractivity contribution in [2.75, 3.05) is 17.3 Å². The molecule has 1 amide bonds. The van der Waals surface area contributed by atoms with Gasteiger partial charge in [-0.05, 0) is 43.5 Å². The molecule has 4 nitrogen and oxygen atoms in total. The maximum Gasteiger partial charge on any atom is 0.338 e. The van der Waals surface area contributed by atoms with Gasteiger partial charge in [-0.15, -0.1) is 0 Å². The molecule has 0 aliphatic heterocycles. The molecule has 20 heavy (non-hydrogen) atoms. The van der Waals surface area contributed by atoms with Crippen LogP contribution in [0.1, 0.15) is 43.0 Å². The summed E-state index contributed by atoms with van der Waals surface area (Å²) in [5.74, 6) is -0.339. The number of anilines is 1. The molecule has 0 saturated carbocycles. The number of ether oxygens (including phenoxy) is 1. The molecule has 0 aromatic heterocycles. The van der Waals surface area contributed by atoms with Gasteiger partial charge in [-0.1, -0.05) is 22.9 Å². The number of benzene rings is 1. The van der Waals surface area contributed by atoms with Crippen molar-refractivity contribution < 1.29 is 14.3 Å².